The highest BCUT2D eigenvalue weighted by Crippen LogP contribution is 2.47. The van der Waals surface area contributed by atoms with Crippen LogP contribution in [-0.4, -0.2) is 18.3 Å². The van der Waals surface area contributed by atoms with Gasteiger partial charge < -0.3 is 9.84 Å². The van der Waals surface area contributed by atoms with E-state index in [9.17, 15) is 10.4 Å². The van der Waals surface area contributed by atoms with Gasteiger partial charge in [0.2, 0.25) is 0 Å². The van der Waals surface area contributed by atoms with Crippen molar-refractivity contribution in [3.8, 4) is 6.07 Å². The normalized spacial score (nSPS) is 28.6. The summed E-state index contributed by atoms with van der Waals surface area (Å²) in [5.74, 6) is 0. The van der Waals surface area contributed by atoms with Crippen LogP contribution in [0.3, 0.4) is 0 Å². The van der Waals surface area contributed by atoms with E-state index in [1.807, 2.05) is 18.4 Å². The van der Waals surface area contributed by atoms with Crippen LogP contribution in [0.5, 0.6) is 0 Å². The van der Waals surface area contributed by atoms with Gasteiger partial charge in [-0.1, -0.05) is 0 Å². The predicted octanol–water partition coefficient (Wildman–Crippen LogP) is 2.19. The highest BCUT2D eigenvalue weighted by molar-refractivity contribution is 7.10. The third kappa shape index (κ3) is 1.47. The minimum Gasteiger partial charge on any atom is -0.383 e. The van der Waals surface area contributed by atoms with E-state index in [-0.39, 0.29) is 0 Å². The fourth-order valence-corrected chi connectivity index (χ4v) is 3.32. The van der Waals surface area contributed by atoms with E-state index < -0.39 is 11.0 Å². The minimum absolute atomic E-state index is 0.313. The van der Waals surface area contributed by atoms with E-state index >= 15 is 0 Å². The smallest absolute Gasteiger partial charge is 0.117 e. The Morgan fingerprint density at radius 2 is 2.44 bits per heavy atom. The number of aryl methyl sites for hydroxylation is 1. The van der Waals surface area contributed by atoms with Crippen LogP contribution in [0.4, 0.5) is 0 Å². The topological polar surface area (TPSA) is 53.2 Å². The van der Waals surface area contributed by atoms with Crippen molar-refractivity contribution in [3.63, 3.8) is 0 Å². The van der Waals surface area contributed by atoms with Crippen LogP contribution in [0.25, 0.3) is 0 Å². The van der Waals surface area contributed by atoms with E-state index in [1.54, 1.807) is 6.92 Å². The first-order valence-electron chi connectivity index (χ1n) is 5.29. The Balaban J connectivity index is 2.46. The summed E-state index contributed by atoms with van der Waals surface area (Å²) < 4.78 is 5.30. The van der Waals surface area contributed by atoms with Gasteiger partial charge in [-0.3, -0.25) is 0 Å². The summed E-state index contributed by atoms with van der Waals surface area (Å²) in [4.78, 5) is 0.875. The number of nitriles is 1. The molecule has 1 saturated heterocycles. The lowest BCUT2D eigenvalue weighted by Gasteiger charge is -2.36. The van der Waals surface area contributed by atoms with Gasteiger partial charge >= 0.3 is 0 Å². The van der Waals surface area contributed by atoms with Crippen molar-refractivity contribution >= 4 is 11.3 Å². The van der Waals surface area contributed by atoms with Gasteiger partial charge in [0.05, 0.1) is 12.7 Å². The molecular weight excluding hydrogens is 222 g/mol. The number of rotatable bonds is 2. The number of ether oxygens (including phenoxy) is 1. The zero-order chi connectivity index (χ0) is 11.8. The molecule has 1 fully saturated rings. The fraction of sp³-hybridized carbons (Fsp3) is 0.583. The van der Waals surface area contributed by atoms with E-state index in [4.69, 9.17) is 4.74 Å². The van der Waals surface area contributed by atoms with E-state index in [2.05, 4.69) is 6.07 Å². The number of hydrogen-bond donors (Lipinski definition) is 1. The number of hydrogen-bond acceptors (Lipinski definition) is 4. The Kier molecular flexibility index (Phi) is 2.79. The van der Waals surface area contributed by atoms with Crippen LogP contribution in [0.15, 0.2) is 11.4 Å². The highest BCUT2D eigenvalue weighted by Gasteiger charge is 2.52. The molecule has 1 aromatic rings. The average Bonchev–Trinajstić information content (AvgIpc) is 2.86. The second-order valence-electron chi connectivity index (χ2n) is 4.50. The molecule has 1 aliphatic heterocycles. The molecule has 0 aliphatic carbocycles. The Morgan fingerprint density at radius 1 is 1.69 bits per heavy atom. The predicted molar refractivity (Wildman–Crippen MR) is 62.1 cm³/mol. The number of thiophene rings is 1. The van der Waals surface area contributed by atoms with Gasteiger partial charge in [-0.25, -0.2) is 0 Å². The lowest BCUT2D eigenvalue weighted by Crippen LogP contribution is -2.43. The van der Waals surface area contributed by atoms with E-state index in [0.717, 1.165) is 10.4 Å². The summed E-state index contributed by atoms with van der Waals surface area (Å²) in [6, 6.07) is 4.23. The monoisotopic (exact) mass is 237 g/mol. The molecule has 1 N–H and O–H groups in total. The van der Waals surface area contributed by atoms with Crippen molar-refractivity contribution in [1.82, 2.24) is 0 Å². The number of nitrogens with zero attached hydrogens (tertiary/aromatic N) is 1. The molecule has 0 amide bonds. The van der Waals surface area contributed by atoms with Gasteiger partial charge in [-0.05, 0) is 37.3 Å². The first-order chi connectivity index (χ1) is 7.53. The van der Waals surface area contributed by atoms with Crippen LogP contribution >= 0.6 is 11.3 Å². The number of aliphatic hydroxyl groups is 1. The Labute approximate surface area is 99.3 Å². The summed E-state index contributed by atoms with van der Waals surface area (Å²) in [5.41, 5.74) is -0.893. The van der Waals surface area contributed by atoms with Crippen LogP contribution in [0, 0.1) is 23.7 Å². The average molecular weight is 237 g/mol. The summed E-state index contributed by atoms with van der Waals surface area (Å²) >= 11 is 1.50. The maximum absolute atomic E-state index is 10.7. The molecule has 2 rings (SSSR count). The highest BCUT2D eigenvalue weighted by atomic mass is 32.1. The Bertz CT molecular complexity index is 424. The molecule has 1 aromatic heterocycles. The Hall–Kier alpha value is -0.890. The van der Waals surface area contributed by atoms with Gasteiger partial charge in [0.15, 0.2) is 0 Å². The quantitative estimate of drug-likeness (QED) is 0.858. The van der Waals surface area contributed by atoms with Crippen molar-refractivity contribution < 1.29 is 9.84 Å². The van der Waals surface area contributed by atoms with E-state index in [1.165, 1.54) is 11.3 Å². The maximum atomic E-state index is 10.7. The fourth-order valence-electron chi connectivity index (χ4n) is 2.23. The molecule has 86 valence electrons. The molecule has 2 heterocycles. The standard InChI is InChI=1S/C12H15NO2S/c1-9-3-6-16-10(9)11(2,14)12(7-13)4-5-15-8-12/h3,6,14H,4-5,8H2,1-2H3. The molecule has 1 aliphatic rings. The zero-order valence-electron chi connectivity index (χ0n) is 9.49. The molecule has 2 unspecified atom stereocenters. The van der Waals surface area contributed by atoms with Crippen LogP contribution in [0.2, 0.25) is 0 Å². The molecule has 2 atom stereocenters. The SMILES string of the molecule is Cc1ccsc1C(C)(O)C1(C#N)CCOC1. The van der Waals surface area contributed by atoms with Crippen molar-refractivity contribution in [3.05, 3.63) is 21.9 Å². The molecule has 0 spiro atoms. The van der Waals surface area contributed by atoms with Crippen molar-refractivity contribution in [2.75, 3.05) is 13.2 Å². The summed E-state index contributed by atoms with van der Waals surface area (Å²) in [7, 11) is 0. The van der Waals surface area contributed by atoms with E-state index in [0.29, 0.717) is 19.6 Å². The lowest BCUT2D eigenvalue weighted by molar-refractivity contribution is -0.0455. The largest absolute Gasteiger partial charge is 0.383 e. The Morgan fingerprint density at radius 3 is 2.88 bits per heavy atom. The van der Waals surface area contributed by atoms with Crippen molar-refractivity contribution in [2.45, 2.75) is 25.9 Å². The minimum atomic E-state index is -1.13. The second kappa shape index (κ2) is 3.85. The van der Waals surface area contributed by atoms with Crippen molar-refractivity contribution in [1.29, 1.82) is 5.26 Å². The van der Waals surface area contributed by atoms with Crippen LogP contribution in [-0.2, 0) is 10.3 Å². The molecule has 0 radical (unpaired) electrons. The summed E-state index contributed by atoms with van der Waals surface area (Å²) in [5, 5.41) is 22.0. The third-order valence-electron chi connectivity index (χ3n) is 3.47. The third-order valence-corrected chi connectivity index (χ3v) is 4.70. The van der Waals surface area contributed by atoms with Gasteiger partial charge in [-0.15, -0.1) is 11.3 Å². The molecule has 4 heteroatoms. The molecule has 0 aromatic carbocycles. The second-order valence-corrected chi connectivity index (χ2v) is 5.42. The van der Waals surface area contributed by atoms with Crippen LogP contribution < -0.4 is 0 Å². The van der Waals surface area contributed by atoms with Gasteiger partial charge in [0.25, 0.3) is 0 Å². The molecule has 0 saturated carbocycles. The zero-order valence-corrected chi connectivity index (χ0v) is 10.3. The molecular formula is C12H15NO2S. The molecule has 0 bridgehead atoms. The van der Waals surface area contributed by atoms with Gasteiger partial charge in [0.1, 0.15) is 11.0 Å². The maximum Gasteiger partial charge on any atom is 0.117 e. The lowest BCUT2D eigenvalue weighted by atomic mass is 9.72. The molecule has 3 nitrogen and oxygen atoms in total. The first kappa shape index (κ1) is 11.6. The van der Waals surface area contributed by atoms with Gasteiger partial charge in [-0.2, -0.15) is 5.26 Å². The summed E-state index contributed by atoms with van der Waals surface area (Å²) in [6.07, 6.45) is 0.591. The van der Waals surface area contributed by atoms with Crippen LogP contribution in [0.1, 0.15) is 23.8 Å². The molecule has 16 heavy (non-hydrogen) atoms. The van der Waals surface area contributed by atoms with Gasteiger partial charge in [0, 0.05) is 11.5 Å². The van der Waals surface area contributed by atoms with Crippen molar-refractivity contribution in [2.24, 2.45) is 5.41 Å². The summed E-state index contributed by atoms with van der Waals surface area (Å²) in [6.45, 7) is 4.55. The first-order valence-corrected chi connectivity index (χ1v) is 6.17.